The zero-order valence-corrected chi connectivity index (χ0v) is 15.6. The predicted octanol–water partition coefficient (Wildman–Crippen LogP) is 4.29. The van der Waals surface area contributed by atoms with Gasteiger partial charge < -0.3 is 5.11 Å². The highest BCUT2D eigenvalue weighted by atomic mass is 32.1. The number of nitrogens with one attached hydrogen (secondary N) is 1. The van der Waals surface area contributed by atoms with Crippen molar-refractivity contribution in [1.29, 1.82) is 0 Å². The van der Waals surface area contributed by atoms with E-state index in [1.54, 1.807) is 24.3 Å². The zero-order chi connectivity index (χ0) is 18.7. The first kappa shape index (κ1) is 17.8. The van der Waals surface area contributed by atoms with Gasteiger partial charge in [-0.3, -0.25) is 4.79 Å². The fourth-order valence-electron chi connectivity index (χ4n) is 2.41. The SMILES string of the molecule is C/C(=N\NC(=O)c1ccc(C)cc1)c1sc(-c2ccc(O)cc2)nc1C. The fourth-order valence-corrected chi connectivity index (χ4v) is 3.43. The number of benzene rings is 2. The number of carbonyl (C=O) groups is 1. The quantitative estimate of drug-likeness (QED) is 0.535. The van der Waals surface area contributed by atoms with E-state index < -0.39 is 0 Å². The van der Waals surface area contributed by atoms with Crippen molar-refractivity contribution < 1.29 is 9.90 Å². The average Bonchev–Trinajstić information content (AvgIpc) is 3.02. The van der Waals surface area contributed by atoms with Crippen LogP contribution in [0.5, 0.6) is 5.75 Å². The van der Waals surface area contributed by atoms with E-state index in [-0.39, 0.29) is 11.7 Å². The van der Waals surface area contributed by atoms with Crippen molar-refractivity contribution in [2.45, 2.75) is 20.8 Å². The molecular weight excluding hydrogens is 346 g/mol. The van der Waals surface area contributed by atoms with Crippen LogP contribution in [-0.2, 0) is 0 Å². The second kappa shape index (κ2) is 7.49. The number of amides is 1. The lowest BCUT2D eigenvalue weighted by molar-refractivity contribution is 0.0955. The number of hydrogen-bond acceptors (Lipinski definition) is 5. The van der Waals surface area contributed by atoms with Crippen LogP contribution >= 0.6 is 11.3 Å². The van der Waals surface area contributed by atoms with Crippen molar-refractivity contribution in [1.82, 2.24) is 10.4 Å². The molecule has 3 rings (SSSR count). The van der Waals surface area contributed by atoms with Crippen LogP contribution in [0.4, 0.5) is 0 Å². The first-order chi connectivity index (χ1) is 12.4. The topological polar surface area (TPSA) is 74.6 Å². The molecule has 2 aromatic carbocycles. The Labute approximate surface area is 156 Å². The van der Waals surface area contributed by atoms with E-state index in [2.05, 4.69) is 15.5 Å². The van der Waals surface area contributed by atoms with E-state index in [1.165, 1.54) is 11.3 Å². The highest BCUT2D eigenvalue weighted by molar-refractivity contribution is 7.17. The number of carbonyl (C=O) groups excluding carboxylic acids is 1. The predicted molar refractivity (Wildman–Crippen MR) is 105 cm³/mol. The summed E-state index contributed by atoms with van der Waals surface area (Å²) in [5.74, 6) is -0.0240. The van der Waals surface area contributed by atoms with Gasteiger partial charge in [-0.2, -0.15) is 5.10 Å². The summed E-state index contributed by atoms with van der Waals surface area (Å²) in [6.07, 6.45) is 0. The second-order valence-electron chi connectivity index (χ2n) is 5.98. The normalized spacial score (nSPS) is 11.4. The van der Waals surface area contributed by atoms with E-state index in [1.807, 2.05) is 45.0 Å². The van der Waals surface area contributed by atoms with Gasteiger partial charge in [0.1, 0.15) is 10.8 Å². The van der Waals surface area contributed by atoms with Crippen LogP contribution in [0.1, 0.15) is 33.4 Å². The minimum absolute atomic E-state index is 0.221. The maximum atomic E-state index is 12.2. The number of aryl methyl sites for hydroxylation is 2. The first-order valence-electron chi connectivity index (χ1n) is 8.12. The summed E-state index contributed by atoms with van der Waals surface area (Å²) < 4.78 is 0. The van der Waals surface area contributed by atoms with Crippen molar-refractivity contribution >= 4 is 23.0 Å². The minimum Gasteiger partial charge on any atom is -0.508 e. The summed E-state index contributed by atoms with van der Waals surface area (Å²) in [5, 5.41) is 14.5. The van der Waals surface area contributed by atoms with Crippen LogP contribution in [0.3, 0.4) is 0 Å². The van der Waals surface area contributed by atoms with E-state index in [0.717, 1.165) is 26.7 Å². The molecule has 0 aliphatic carbocycles. The molecule has 0 bridgehead atoms. The van der Waals surface area contributed by atoms with Crippen LogP contribution in [-0.4, -0.2) is 21.7 Å². The largest absolute Gasteiger partial charge is 0.508 e. The minimum atomic E-state index is -0.245. The summed E-state index contributed by atoms with van der Waals surface area (Å²) in [6, 6.07) is 14.2. The molecule has 26 heavy (non-hydrogen) atoms. The van der Waals surface area contributed by atoms with Crippen LogP contribution in [0.2, 0.25) is 0 Å². The number of hydrazone groups is 1. The molecule has 0 aliphatic heterocycles. The Balaban J connectivity index is 1.77. The molecule has 0 unspecified atom stereocenters. The molecular formula is C20H19N3O2S. The number of hydrogen-bond donors (Lipinski definition) is 2. The molecule has 2 N–H and O–H groups in total. The van der Waals surface area contributed by atoms with Crippen LogP contribution in [0, 0.1) is 13.8 Å². The third-order valence-corrected chi connectivity index (χ3v) is 5.19. The molecule has 0 aliphatic rings. The maximum absolute atomic E-state index is 12.2. The van der Waals surface area contributed by atoms with E-state index in [9.17, 15) is 9.90 Å². The Morgan fingerprint density at radius 3 is 2.38 bits per heavy atom. The number of aromatic nitrogens is 1. The number of thiazole rings is 1. The Kier molecular flexibility index (Phi) is 5.14. The van der Waals surface area contributed by atoms with Gasteiger partial charge in [-0.15, -0.1) is 11.3 Å². The van der Waals surface area contributed by atoms with Gasteiger partial charge in [0.05, 0.1) is 16.3 Å². The molecule has 1 aromatic heterocycles. The van der Waals surface area contributed by atoms with Crippen molar-refractivity contribution in [3.8, 4) is 16.3 Å². The van der Waals surface area contributed by atoms with Crippen molar-refractivity contribution in [3.63, 3.8) is 0 Å². The lowest BCUT2D eigenvalue weighted by atomic mass is 10.1. The molecule has 1 amide bonds. The second-order valence-corrected chi connectivity index (χ2v) is 6.98. The van der Waals surface area contributed by atoms with Gasteiger partial charge in [-0.1, -0.05) is 17.7 Å². The molecule has 0 fully saturated rings. The standard InChI is InChI=1S/C20H19N3O2S/c1-12-4-6-15(7-5-12)19(25)23-22-14(3)18-13(2)21-20(26-18)16-8-10-17(24)11-9-16/h4-11,24H,1-3H3,(H,23,25)/b22-14+. The van der Waals surface area contributed by atoms with Gasteiger partial charge in [0.2, 0.25) is 0 Å². The lowest BCUT2D eigenvalue weighted by Gasteiger charge is -2.02. The van der Waals surface area contributed by atoms with Gasteiger partial charge in [-0.05, 0) is 57.2 Å². The van der Waals surface area contributed by atoms with Gasteiger partial charge in [-0.25, -0.2) is 10.4 Å². The Bertz CT molecular complexity index is 958. The van der Waals surface area contributed by atoms with Crippen molar-refractivity contribution in [2.75, 3.05) is 0 Å². The highest BCUT2D eigenvalue weighted by Gasteiger charge is 2.13. The van der Waals surface area contributed by atoms with Crippen LogP contribution < -0.4 is 5.43 Å². The molecule has 0 saturated heterocycles. The maximum Gasteiger partial charge on any atom is 0.271 e. The summed E-state index contributed by atoms with van der Waals surface area (Å²) in [4.78, 5) is 17.7. The van der Waals surface area contributed by atoms with E-state index >= 15 is 0 Å². The Hall–Kier alpha value is -2.99. The Morgan fingerprint density at radius 1 is 1.08 bits per heavy atom. The molecule has 5 nitrogen and oxygen atoms in total. The number of nitrogens with zero attached hydrogens (tertiary/aromatic N) is 2. The van der Waals surface area contributed by atoms with Gasteiger partial charge >= 0.3 is 0 Å². The summed E-state index contributed by atoms with van der Waals surface area (Å²) in [7, 11) is 0. The van der Waals surface area contributed by atoms with Crippen LogP contribution in [0.25, 0.3) is 10.6 Å². The smallest absolute Gasteiger partial charge is 0.271 e. The summed E-state index contributed by atoms with van der Waals surface area (Å²) in [5.41, 5.74) is 6.74. The molecule has 3 aromatic rings. The van der Waals surface area contributed by atoms with Gasteiger partial charge in [0, 0.05) is 11.1 Å². The van der Waals surface area contributed by atoms with Crippen molar-refractivity contribution in [2.24, 2.45) is 5.10 Å². The summed E-state index contributed by atoms with van der Waals surface area (Å²) in [6.45, 7) is 5.73. The third-order valence-electron chi connectivity index (χ3n) is 3.88. The molecule has 1 heterocycles. The molecule has 6 heteroatoms. The summed E-state index contributed by atoms with van der Waals surface area (Å²) >= 11 is 1.50. The highest BCUT2D eigenvalue weighted by Crippen LogP contribution is 2.29. The third kappa shape index (κ3) is 3.97. The number of aromatic hydroxyl groups is 1. The molecule has 0 atom stereocenters. The van der Waals surface area contributed by atoms with E-state index in [0.29, 0.717) is 11.3 Å². The molecule has 0 saturated carbocycles. The van der Waals surface area contributed by atoms with Crippen molar-refractivity contribution in [3.05, 3.63) is 70.2 Å². The monoisotopic (exact) mass is 365 g/mol. The molecule has 132 valence electrons. The Morgan fingerprint density at radius 2 is 1.73 bits per heavy atom. The van der Waals surface area contributed by atoms with Crippen LogP contribution in [0.15, 0.2) is 53.6 Å². The average molecular weight is 365 g/mol. The van der Waals surface area contributed by atoms with E-state index in [4.69, 9.17) is 0 Å². The fraction of sp³-hybridized carbons (Fsp3) is 0.150. The molecule has 0 radical (unpaired) electrons. The van der Waals surface area contributed by atoms with Gasteiger partial charge in [0.25, 0.3) is 5.91 Å². The number of phenolic OH excluding ortho intramolecular Hbond substituents is 1. The van der Waals surface area contributed by atoms with Gasteiger partial charge in [0.15, 0.2) is 0 Å². The number of rotatable bonds is 4. The molecule has 0 spiro atoms. The number of phenols is 1. The lowest BCUT2D eigenvalue weighted by Crippen LogP contribution is -2.19. The first-order valence-corrected chi connectivity index (χ1v) is 8.94. The zero-order valence-electron chi connectivity index (χ0n) is 14.8.